The minimum Gasteiger partial charge on any atom is -0.150 e. The van der Waals surface area contributed by atoms with E-state index < -0.39 is 0 Å². The average Bonchev–Trinajstić information content (AvgIpc) is 2.00. The summed E-state index contributed by atoms with van der Waals surface area (Å²) in [6.45, 7) is 6.28. The Morgan fingerprint density at radius 1 is 1.33 bits per heavy atom. The fraction of sp³-hybridized carbons (Fsp3) is 0.400. The Kier molecular flexibility index (Phi) is 5.88. The van der Waals surface area contributed by atoms with Crippen LogP contribution in [0.4, 0.5) is 0 Å². The summed E-state index contributed by atoms with van der Waals surface area (Å²) in [7, 11) is 0. The molecule has 0 aliphatic carbocycles. The lowest BCUT2D eigenvalue weighted by molar-refractivity contribution is 1.20. The number of allylic oxidation sites excluding steroid dienone is 5. The molecule has 0 saturated heterocycles. The van der Waals surface area contributed by atoms with Gasteiger partial charge in [0, 0.05) is 0 Å². The lowest BCUT2D eigenvalue weighted by Crippen LogP contribution is -1.72. The first-order chi connectivity index (χ1) is 5.66. The summed E-state index contributed by atoms with van der Waals surface area (Å²) in [6.07, 6.45) is 7.73. The zero-order valence-corrected chi connectivity index (χ0v) is 7.87. The highest BCUT2D eigenvalue weighted by Crippen LogP contribution is 1.96. The topological polar surface area (TPSA) is 29.4 Å². The number of hydrogen-bond acceptors (Lipinski definition) is 2. The molecule has 0 radical (unpaired) electrons. The zero-order valence-electron chi connectivity index (χ0n) is 7.87. The molecule has 0 aliphatic heterocycles. The third-order valence-electron chi connectivity index (χ3n) is 1.28. The van der Waals surface area contributed by atoms with Crippen LogP contribution in [0.2, 0.25) is 0 Å². The van der Waals surface area contributed by atoms with Crippen molar-refractivity contribution in [3.63, 3.8) is 0 Å². The van der Waals surface area contributed by atoms with Crippen LogP contribution in [-0.2, 0) is 0 Å². The predicted molar refractivity (Wildman–Crippen MR) is 53.0 cm³/mol. The monoisotopic (exact) mass is 165 g/mol. The van der Waals surface area contributed by atoms with Crippen molar-refractivity contribution in [2.45, 2.75) is 20.8 Å². The van der Waals surface area contributed by atoms with Crippen molar-refractivity contribution in [3.05, 3.63) is 40.4 Å². The van der Waals surface area contributed by atoms with Crippen molar-refractivity contribution in [1.82, 2.24) is 0 Å². The molecule has 0 aromatic rings. The van der Waals surface area contributed by atoms with Gasteiger partial charge in [0.2, 0.25) is 0 Å². The molecule has 0 heterocycles. The average molecular weight is 165 g/mol. The van der Waals surface area contributed by atoms with Crippen LogP contribution in [0.3, 0.4) is 0 Å². The molecule has 0 spiro atoms. The lowest BCUT2D eigenvalue weighted by Gasteiger charge is -1.87. The molecular formula is C10H15NO. The van der Waals surface area contributed by atoms with Crippen LogP contribution in [0.5, 0.6) is 0 Å². The van der Waals surface area contributed by atoms with Gasteiger partial charge in [0.1, 0.15) is 0 Å². The van der Waals surface area contributed by atoms with E-state index in [1.807, 2.05) is 39.0 Å². The van der Waals surface area contributed by atoms with Crippen molar-refractivity contribution in [2.24, 2.45) is 5.18 Å². The van der Waals surface area contributed by atoms with Crippen molar-refractivity contribution in [1.29, 1.82) is 0 Å². The van der Waals surface area contributed by atoms with Gasteiger partial charge in [0.15, 0.2) is 0 Å². The van der Waals surface area contributed by atoms with Crippen molar-refractivity contribution >= 4 is 0 Å². The molecule has 66 valence electrons. The van der Waals surface area contributed by atoms with E-state index in [-0.39, 0.29) is 6.54 Å². The molecule has 0 aromatic heterocycles. The summed E-state index contributed by atoms with van der Waals surface area (Å²) in [5.41, 5.74) is 2.32. The second-order valence-corrected chi connectivity index (χ2v) is 2.86. The summed E-state index contributed by atoms with van der Waals surface area (Å²) in [6, 6.07) is 0. The third kappa shape index (κ3) is 6.93. The number of nitroso groups, excluding NO2 is 1. The first-order valence-corrected chi connectivity index (χ1v) is 3.94. The van der Waals surface area contributed by atoms with Crippen LogP contribution in [-0.4, -0.2) is 6.54 Å². The minimum absolute atomic E-state index is 0.255. The van der Waals surface area contributed by atoms with E-state index in [0.29, 0.717) is 0 Å². The molecule has 0 aliphatic rings. The predicted octanol–water partition coefficient (Wildman–Crippen LogP) is 3.22. The van der Waals surface area contributed by atoms with Crippen molar-refractivity contribution in [2.75, 3.05) is 6.54 Å². The molecule has 0 N–H and O–H groups in total. The Hall–Kier alpha value is -1.18. The summed E-state index contributed by atoms with van der Waals surface area (Å²) in [4.78, 5) is 9.76. The maximum Gasteiger partial charge on any atom is 0.0997 e. The van der Waals surface area contributed by atoms with Crippen LogP contribution in [0, 0.1) is 4.91 Å². The molecule has 0 fully saturated rings. The van der Waals surface area contributed by atoms with Crippen LogP contribution in [0.25, 0.3) is 0 Å². The van der Waals surface area contributed by atoms with Gasteiger partial charge in [-0.1, -0.05) is 40.6 Å². The van der Waals surface area contributed by atoms with E-state index in [1.54, 1.807) is 6.08 Å². The van der Waals surface area contributed by atoms with E-state index in [1.165, 1.54) is 5.57 Å². The van der Waals surface area contributed by atoms with Gasteiger partial charge in [0.25, 0.3) is 0 Å². The standard InChI is InChI=1S/C10H15NO/c1-9(2)5-4-6-10(3)7-8-11-12/h4-7H,8H2,1-3H3. The first kappa shape index (κ1) is 10.8. The number of nitrogens with zero attached hydrogens (tertiary/aromatic N) is 1. The van der Waals surface area contributed by atoms with E-state index >= 15 is 0 Å². The van der Waals surface area contributed by atoms with E-state index in [4.69, 9.17) is 0 Å². The highest BCUT2D eigenvalue weighted by atomic mass is 16.3. The van der Waals surface area contributed by atoms with Gasteiger partial charge in [-0.3, -0.25) is 0 Å². The van der Waals surface area contributed by atoms with Crippen molar-refractivity contribution in [3.8, 4) is 0 Å². The quantitative estimate of drug-likeness (QED) is 0.464. The fourth-order valence-electron chi connectivity index (χ4n) is 0.642. The highest BCUT2D eigenvalue weighted by molar-refractivity contribution is 5.21. The molecule has 0 unspecified atom stereocenters. The Morgan fingerprint density at radius 2 is 2.00 bits per heavy atom. The van der Waals surface area contributed by atoms with E-state index in [9.17, 15) is 4.91 Å². The molecule has 0 saturated carbocycles. The molecule has 12 heavy (non-hydrogen) atoms. The summed E-state index contributed by atoms with van der Waals surface area (Å²) >= 11 is 0. The first-order valence-electron chi connectivity index (χ1n) is 3.94. The maximum atomic E-state index is 9.76. The largest absolute Gasteiger partial charge is 0.150 e. The Morgan fingerprint density at radius 3 is 2.50 bits per heavy atom. The van der Waals surface area contributed by atoms with Gasteiger partial charge in [0.05, 0.1) is 6.54 Å². The molecule has 0 aromatic carbocycles. The zero-order chi connectivity index (χ0) is 9.40. The van der Waals surface area contributed by atoms with Gasteiger partial charge in [-0.2, -0.15) is 4.91 Å². The molecule has 2 nitrogen and oxygen atoms in total. The minimum atomic E-state index is 0.255. The molecule has 2 heteroatoms. The molecule has 0 rings (SSSR count). The van der Waals surface area contributed by atoms with E-state index in [2.05, 4.69) is 5.18 Å². The van der Waals surface area contributed by atoms with Crippen LogP contribution in [0.15, 0.2) is 40.6 Å². The lowest BCUT2D eigenvalue weighted by atomic mass is 10.2. The van der Waals surface area contributed by atoms with Crippen LogP contribution in [0.1, 0.15) is 20.8 Å². The molecule has 0 atom stereocenters. The molecular weight excluding hydrogens is 150 g/mol. The Labute approximate surface area is 73.6 Å². The van der Waals surface area contributed by atoms with Crippen molar-refractivity contribution < 1.29 is 0 Å². The normalized spacial score (nSPS) is 11.8. The smallest absolute Gasteiger partial charge is 0.0997 e. The van der Waals surface area contributed by atoms with Gasteiger partial charge >= 0.3 is 0 Å². The molecule has 0 amide bonds. The SMILES string of the molecule is CC(C)=CC=CC(C)=CCN=O. The van der Waals surface area contributed by atoms with Crippen LogP contribution < -0.4 is 0 Å². The van der Waals surface area contributed by atoms with Gasteiger partial charge in [-0.05, 0) is 20.8 Å². The fourth-order valence-corrected chi connectivity index (χ4v) is 0.642. The Balaban J connectivity index is 3.98. The summed E-state index contributed by atoms with van der Waals surface area (Å²) in [5.74, 6) is 0. The second kappa shape index (κ2) is 6.53. The Bertz CT molecular complexity index is 220. The number of rotatable bonds is 4. The third-order valence-corrected chi connectivity index (χ3v) is 1.28. The second-order valence-electron chi connectivity index (χ2n) is 2.86. The summed E-state index contributed by atoms with van der Waals surface area (Å²) in [5, 5.41) is 2.74. The molecule has 0 bridgehead atoms. The maximum absolute atomic E-state index is 9.76. The van der Waals surface area contributed by atoms with Crippen LogP contribution >= 0.6 is 0 Å². The van der Waals surface area contributed by atoms with Gasteiger partial charge in [-0.25, -0.2) is 0 Å². The highest BCUT2D eigenvalue weighted by Gasteiger charge is 1.79. The number of hydrogen-bond donors (Lipinski definition) is 0. The van der Waals surface area contributed by atoms with E-state index in [0.717, 1.165) is 5.57 Å². The van der Waals surface area contributed by atoms with Gasteiger partial charge in [-0.15, -0.1) is 0 Å². The summed E-state index contributed by atoms with van der Waals surface area (Å²) < 4.78 is 0. The van der Waals surface area contributed by atoms with Gasteiger partial charge < -0.3 is 0 Å².